The summed E-state index contributed by atoms with van der Waals surface area (Å²) in [6.45, 7) is 0. The largest absolute Gasteiger partial charge is 0.472 e. The van der Waals surface area contributed by atoms with E-state index in [0.29, 0.717) is 16.4 Å². The zero-order chi connectivity index (χ0) is 13.9. The number of nitrogens with one attached hydrogen (secondary N) is 1. The fourth-order valence-electron chi connectivity index (χ4n) is 1.74. The molecule has 2 aromatic heterocycles. The Kier molecular flexibility index (Phi) is 3.26. The maximum absolute atomic E-state index is 11.8. The number of halogens is 1. The summed E-state index contributed by atoms with van der Waals surface area (Å²) in [5.74, 6) is 0.186. The minimum atomic E-state index is -0.268. The van der Waals surface area contributed by atoms with Crippen molar-refractivity contribution in [1.82, 2.24) is 9.78 Å². The van der Waals surface area contributed by atoms with E-state index in [-0.39, 0.29) is 5.91 Å². The van der Waals surface area contributed by atoms with Gasteiger partial charge in [0.2, 0.25) is 0 Å². The van der Waals surface area contributed by atoms with Crippen molar-refractivity contribution in [2.24, 2.45) is 0 Å². The van der Waals surface area contributed by atoms with Crippen LogP contribution in [0.5, 0.6) is 0 Å². The predicted molar refractivity (Wildman–Crippen MR) is 75.2 cm³/mol. The molecule has 6 heteroatoms. The van der Waals surface area contributed by atoms with E-state index in [2.05, 4.69) is 10.4 Å². The number of carbonyl (C=O) groups is 1. The van der Waals surface area contributed by atoms with Crippen LogP contribution < -0.4 is 5.32 Å². The molecule has 1 amide bonds. The molecule has 0 aliphatic rings. The summed E-state index contributed by atoms with van der Waals surface area (Å²) in [5, 5.41) is 7.58. The molecule has 5 nitrogen and oxygen atoms in total. The minimum Gasteiger partial charge on any atom is -0.472 e. The number of hydrogen-bond acceptors (Lipinski definition) is 3. The van der Waals surface area contributed by atoms with E-state index in [9.17, 15) is 4.79 Å². The van der Waals surface area contributed by atoms with Gasteiger partial charge in [-0.15, -0.1) is 0 Å². The van der Waals surface area contributed by atoms with Crippen molar-refractivity contribution in [2.75, 3.05) is 5.32 Å². The molecule has 20 heavy (non-hydrogen) atoms. The van der Waals surface area contributed by atoms with Crippen LogP contribution in [0.25, 0.3) is 5.69 Å². The summed E-state index contributed by atoms with van der Waals surface area (Å²) in [7, 11) is 0. The van der Waals surface area contributed by atoms with Gasteiger partial charge in [-0.25, -0.2) is 4.68 Å². The van der Waals surface area contributed by atoms with Gasteiger partial charge in [-0.05, 0) is 24.3 Å². The summed E-state index contributed by atoms with van der Waals surface area (Å²) in [5.41, 5.74) is 1.27. The number of rotatable bonds is 3. The van der Waals surface area contributed by atoms with Crippen LogP contribution in [0.3, 0.4) is 0 Å². The van der Waals surface area contributed by atoms with Crippen LogP contribution in [0.2, 0.25) is 5.02 Å². The monoisotopic (exact) mass is 287 g/mol. The Bertz CT molecular complexity index is 734. The molecule has 0 saturated heterocycles. The molecule has 3 aromatic rings. The van der Waals surface area contributed by atoms with E-state index in [4.69, 9.17) is 16.0 Å². The summed E-state index contributed by atoms with van der Waals surface area (Å²) in [4.78, 5) is 11.8. The zero-order valence-electron chi connectivity index (χ0n) is 10.3. The SMILES string of the molecule is O=C(Nc1ccn(-c2cccc(Cl)c2)n1)c1ccoc1. The Balaban J connectivity index is 1.79. The van der Waals surface area contributed by atoms with Gasteiger partial charge >= 0.3 is 0 Å². The number of hydrogen-bond donors (Lipinski definition) is 1. The Morgan fingerprint density at radius 1 is 1.30 bits per heavy atom. The second-order valence-corrected chi connectivity index (χ2v) is 4.53. The van der Waals surface area contributed by atoms with E-state index in [1.54, 1.807) is 35.1 Å². The lowest BCUT2D eigenvalue weighted by Crippen LogP contribution is -2.11. The molecule has 1 aromatic carbocycles. The number of anilines is 1. The third-order valence-electron chi connectivity index (χ3n) is 2.69. The molecule has 0 fully saturated rings. The van der Waals surface area contributed by atoms with Gasteiger partial charge in [-0.3, -0.25) is 4.79 Å². The van der Waals surface area contributed by atoms with Crippen LogP contribution in [0, 0.1) is 0 Å². The number of furan rings is 1. The fraction of sp³-hybridized carbons (Fsp3) is 0. The lowest BCUT2D eigenvalue weighted by atomic mass is 10.3. The van der Waals surface area contributed by atoms with E-state index in [1.165, 1.54) is 12.5 Å². The average Bonchev–Trinajstić information content (AvgIpc) is 3.10. The standard InChI is InChI=1S/C14H10ClN3O2/c15-11-2-1-3-12(8-11)18-6-4-13(17-18)16-14(19)10-5-7-20-9-10/h1-9H,(H,16,17,19). The molecule has 1 N–H and O–H groups in total. The van der Waals surface area contributed by atoms with Crippen molar-refractivity contribution in [3.8, 4) is 5.69 Å². The summed E-state index contributed by atoms with van der Waals surface area (Å²) in [6.07, 6.45) is 4.57. The molecule has 2 heterocycles. The second kappa shape index (κ2) is 5.22. The number of benzene rings is 1. The van der Waals surface area contributed by atoms with Gasteiger partial charge < -0.3 is 9.73 Å². The highest BCUT2D eigenvalue weighted by atomic mass is 35.5. The van der Waals surface area contributed by atoms with Crippen molar-refractivity contribution in [1.29, 1.82) is 0 Å². The van der Waals surface area contributed by atoms with E-state index in [1.807, 2.05) is 12.1 Å². The Morgan fingerprint density at radius 3 is 2.95 bits per heavy atom. The smallest absolute Gasteiger partial charge is 0.260 e. The summed E-state index contributed by atoms with van der Waals surface area (Å²) >= 11 is 5.93. The molecule has 0 spiro atoms. The van der Waals surface area contributed by atoms with Gasteiger partial charge in [0.1, 0.15) is 6.26 Å². The molecule has 0 bridgehead atoms. The molecule has 0 aliphatic heterocycles. The maximum Gasteiger partial charge on any atom is 0.260 e. The normalized spacial score (nSPS) is 10.4. The zero-order valence-corrected chi connectivity index (χ0v) is 11.0. The molecule has 0 atom stereocenters. The van der Waals surface area contributed by atoms with Crippen molar-refractivity contribution in [3.05, 3.63) is 65.7 Å². The maximum atomic E-state index is 11.8. The lowest BCUT2D eigenvalue weighted by Gasteiger charge is -2.02. The first kappa shape index (κ1) is 12.5. The molecular weight excluding hydrogens is 278 g/mol. The third-order valence-corrected chi connectivity index (χ3v) is 2.92. The van der Waals surface area contributed by atoms with E-state index < -0.39 is 0 Å². The first-order valence-electron chi connectivity index (χ1n) is 5.87. The minimum absolute atomic E-state index is 0.268. The molecule has 0 radical (unpaired) electrons. The topological polar surface area (TPSA) is 60.1 Å². The lowest BCUT2D eigenvalue weighted by molar-refractivity contribution is 0.102. The van der Waals surface area contributed by atoms with Crippen molar-refractivity contribution in [3.63, 3.8) is 0 Å². The van der Waals surface area contributed by atoms with Crippen LogP contribution in [0.4, 0.5) is 5.82 Å². The van der Waals surface area contributed by atoms with Gasteiger partial charge in [-0.2, -0.15) is 5.10 Å². The highest BCUT2D eigenvalue weighted by Crippen LogP contribution is 2.16. The van der Waals surface area contributed by atoms with Crippen LogP contribution in [0.15, 0.2) is 59.5 Å². The number of amides is 1. The highest BCUT2D eigenvalue weighted by molar-refractivity contribution is 6.30. The van der Waals surface area contributed by atoms with Crippen LogP contribution in [-0.2, 0) is 0 Å². The molecule has 3 rings (SSSR count). The number of nitrogens with zero attached hydrogens (tertiary/aromatic N) is 2. The molecular formula is C14H10ClN3O2. The number of carbonyl (C=O) groups excluding carboxylic acids is 1. The molecule has 0 aliphatic carbocycles. The first-order valence-corrected chi connectivity index (χ1v) is 6.25. The van der Waals surface area contributed by atoms with Gasteiger partial charge in [0.25, 0.3) is 5.91 Å². The summed E-state index contributed by atoms with van der Waals surface area (Å²) in [6, 6.07) is 10.6. The van der Waals surface area contributed by atoms with E-state index >= 15 is 0 Å². The van der Waals surface area contributed by atoms with E-state index in [0.717, 1.165) is 5.69 Å². The average molecular weight is 288 g/mol. The van der Waals surface area contributed by atoms with Crippen LogP contribution in [-0.4, -0.2) is 15.7 Å². The number of aromatic nitrogens is 2. The van der Waals surface area contributed by atoms with Crippen molar-refractivity contribution < 1.29 is 9.21 Å². The Labute approximate surface area is 119 Å². The highest BCUT2D eigenvalue weighted by Gasteiger charge is 2.09. The predicted octanol–water partition coefficient (Wildman–Crippen LogP) is 3.37. The third kappa shape index (κ3) is 2.57. The van der Waals surface area contributed by atoms with Gasteiger partial charge in [0.05, 0.1) is 17.5 Å². The fourth-order valence-corrected chi connectivity index (χ4v) is 1.92. The molecule has 0 saturated carbocycles. The summed E-state index contributed by atoms with van der Waals surface area (Å²) < 4.78 is 6.50. The Morgan fingerprint density at radius 2 is 2.20 bits per heavy atom. The Hall–Kier alpha value is -2.53. The van der Waals surface area contributed by atoms with Crippen molar-refractivity contribution in [2.45, 2.75) is 0 Å². The quantitative estimate of drug-likeness (QED) is 0.803. The van der Waals surface area contributed by atoms with Crippen LogP contribution in [0.1, 0.15) is 10.4 Å². The molecule has 100 valence electrons. The molecule has 0 unspecified atom stereocenters. The van der Waals surface area contributed by atoms with Crippen molar-refractivity contribution >= 4 is 23.3 Å². The van der Waals surface area contributed by atoms with Crippen LogP contribution >= 0.6 is 11.6 Å². The first-order chi connectivity index (χ1) is 9.72. The van der Waals surface area contributed by atoms with Gasteiger partial charge in [0, 0.05) is 17.3 Å². The van der Waals surface area contributed by atoms with Gasteiger partial charge in [0.15, 0.2) is 5.82 Å². The second-order valence-electron chi connectivity index (χ2n) is 4.09. The van der Waals surface area contributed by atoms with Gasteiger partial charge in [-0.1, -0.05) is 17.7 Å².